The first-order valence-electron chi connectivity index (χ1n) is 4.32. The van der Waals surface area contributed by atoms with Crippen LogP contribution in [0.5, 0.6) is 5.75 Å². The number of nitrogens with zero attached hydrogens (tertiary/aromatic N) is 2. The molecule has 66 valence electrons. The van der Waals surface area contributed by atoms with E-state index in [0.29, 0.717) is 0 Å². The van der Waals surface area contributed by atoms with Crippen LogP contribution in [0.2, 0.25) is 0 Å². The zero-order valence-electron chi connectivity index (χ0n) is 7.45. The number of ether oxygens (including phenoxy) is 1. The SMILES string of the molecule is CC(C#N)c1cc2c(cn1)OCC2. The largest absolute Gasteiger partial charge is 0.491 e. The third kappa shape index (κ3) is 1.35. The molecule has 1 unspecified atom stereocenters. The lowest BCUT2D eigenvalue weighted by Gasteiger charge is -2.03. The topological polar surface area (TPSA) is 45.9 Å². The molecule has 0 fully saturated rings. The summed E-state index contributed by atoms with van der Waals surface area (Å²) >= 11 is 0. The van der Waals surface area contributed by atoms with Crippen molar-refractivity contribution in [2.24, 2.45) is 0 Å². The van der Waals surface area contributed by atoms with Crippen molar-refractivity contribution in [1.82, 2.24) is 4.98 Å². The maximum Gasteiger partial charge on any atom is 0.140 e. The summed E-state index contributed by atoms with van der Waals surface area (Å²) in [6.45, 7) is 2.59. The molecule has 0 radical (unpaired) electrons. The van der Waals surface area contributed by atoms with E-state index >= 15 is 0 Å². The van der Waals surface area contributed by atoms with Crippen LogP contribution in [-0.4, -0.2) is 11.6 Å². The second-order valence-corrected chi connectivity index (χ2v) is 3.17. The van der Waals surface area contributed by atoms with Crippen LogP contribution in [0.15, 0.2) is 12.3 Å². The molecule has 0 aromatic carbocycles. The van der Waals surface area contributed by atoms with Gasteiger partial charge in [0.1, 0.15) is 5.75 Å². The third-order valence-corrected chi connectivity index (χ3v) is 2.24. The summed E-state index contributed by atoms with van der Waals surface area (Å²) in [6.07, 6.45) is 2.65. The minimum atomic E-state index is -0.133. The molecule has 0 aliphatic carbocycles. The van der Waals surface area contributed by atoms with Gasteiger partial charge in [-0.25, -0.2) is 0 Å². The molecule has 2 heterocycles. The van der Waals surface area contributed by atoms with Crippen LogP contribution >= 0.6 is 0 Å². The van der Waals surface area contributed by atoms with Gasteiger partial charge in [0.2, 0.25) is 0 Å². The first-order valence-corrected chi connectivity index (χ1v) is 4.32. The van der Waals surface area contributed by atoms with Crippen molar-refractivity contribution >= 4 is 0 Å². The first kappa shape index (κ1) is 8.06. The molecule has 1 aliphatic heterocycles. The van der Waals surface area contributed by atoms with Gasteiger partial charge in [-0.3, -0.25) is 4.98 Å². The summed E-state index contributed by atoms with van der Waals surface area (Å²) in [5, 5.41) is 8.72. The number of aromatic nitrogens is 1. The van der Waals surface area contributed by atoms with Gasteiger partial charge in [-0.05, 0) is 13.0 Å². The Bertz CT molecular complexity index is 368. The molecule has 0 saturated carbocycles. The lowest BCUT2D eigenvalue weighted by molar-refractivity contribution is 0.355. The molecule has 13 heavy (non-hydrogen) atoms. The highest BCUT2D eigenvalue weighted by molar-refractivity contribution is 5.37. The van der Waals surface area contributed by atoms with Gasteiger partial charge in [0.05, 0.1) is 30.5 Å². The maximum absolute atomic E-state index is 8.72. The molecule has 0 bridgehead atoms. The number of hydrogen-bond donors (Lipinski definition) is 0. The molecule has 2 rings (SSSR count). The molecule has 0 amide bonds. The van der Waals surface area contributed by atoms with Gasteiger partial charge in [-0.15, -0.1) is 0 Å². The summed E-state index contributed by atoms with van der Waals surface area (Å²) in [4.78, 5) is 4.17. The van der Waals surface area contributed by atoms with Crippen molar-refractivity contribution in [2.45, 2.75) is 19.3 Å². The molecule has 1 aliphatic rings. The molecule has 1 atom stereocenters. The van der Waals surface area contributed by atoms with Gasteiger partial charge in [-0.2, -0.15) is 5.26 Å². The monoisotopic (exact) mass is 174 g/mol. The minimum absolute atomic E-state index is 0.133. The Kier molecular flexibility index (Phi) is 1.90. The van der Waals surface area contributed by atoms with Gasteiger partial charge in [0.15, 0.2) is 0 Å². The molecule has 0 spiro atoms. The summed E-state index contributed by atoms with van der Waals surface area (Å²) < 4.78 is 5.32. The summed E-state index contributed by atoms with van der Waals surface area (Å²) in [6, 6.07) is 4.14. The van der Waals surface area contributed by atoms with E-state index in [1.165, 1.54) is 5.56 Å². The van der Waals surface area contributed by atoms with E-state index in [1.54, 1.807) is 6.20 Å². The Balaban J connectivity index is 2.37. The Morgan fingerprint density at radius 3 is 3.31 bits per heavy atom. The normalized spacial score (nSPS) is 15.7. The molecule has 0 saturated heterocycles. The van der Waals surface area contributed by atoms with Crippen molar-refractivity contribution in [1.29, 1.82) is 5.26 Å². The fourth-order valence-corrected chi connectivity index (χ4v) is 1.40. The van der Waals surface area contributed by atoms with Crippen molar-refractivity contribution in [3.8, 4) is 11.8 Å². The molecule has 1 aromatic rings. The van der Waals surface area contributed by atoms with Gasteiger partial charge in [0.25, 0.3) is 0 Å². The molecular weight excluding hydrogens is 164 g/mol. The van der Waals surface area contributed by atoms with Crippen molar-refractivity contribution in [2.75, 3.05) is 6.61 Å². The fourth-order valence-electron chi connectivity index (χ4n) is 1.40. The lowest BCUT2D eigenvalue weighted by atomic mass is 10.1. The van der Waals surface area contributed by atoms with Gasteiger partial charge in [-0.1, -0.05) is 0 Å². The van der Waals surface area contributed by atoms with Crippen molar-refractivity contribution < 1.29 is 4.74 Å². The highest BCUT2D eigenvalue weighted by atomic mass is 16.5. The average molecular weight is 174 g/mol. The smallest absolute Gasteiger partial charge is 0.140 e. The molecule has 0 N–H and O–H groups in total. The summed E-state index contributed by atoms with van der Waals surface area (Å²) in [5.74, 6) is 0.736. The lowest BCUT2D eigenvalue weighted by Crippen LogP contribution is -1.94. The Hall–Kier alpha value is -1.56. The average Bonchev–Trinajstić information content (AvgIpc) is 2.63. The van der Waals surface area contributed by atoms with E-state index in [2.05, 4.69) is 11.1 Å². The number of nitriles is 1. The van der Waals surface area contributed by atoms with Crippen LogP contribution in [0.3, 0.4) is 0 Å². The number of rotatable bonds is 1. The zero-order valence-corrected chi connectivity index (χ0v) is 7.45. The highest BCUT2D eigenvalue weighted by Crippen LogP contribution is 2.26. The minimum Gasteiger partial charge on any atom is -0.491 e. The van der Waals surface area contributed by atoms with Crippen LogP contribution in [0.1, 0.15) is 24.1 Å². The van der Waals surface area contributed by atoms with Crippen LogP contribution in [0, 0.1) is 11.3 Å². The van der Waals surface area contributed by atoms with E-state index in [-0.39, 0.29) is 5.92 Å². The molecule has 1 aromatic heterocycles. The molecule has 3 nitrogen and oxygen atoms in total. The quantitative estimate of drug-likeness (QED) is 0.650. The second-order valence-electron chi connectivity index (χ2n) is 3.17. The van der Waals surface area contributed by atoms with Crippen LogP contribution in [0.25, 0.3) is 0 Å². The van der Waals surface area contributed by atoms with Crippen molar-refractivity contribution in [3.05, 3.63) is 23.5 Å². The Labute approximate surface area is 77.0 Å². The predicted octanol–water partition coefficient (Wildman–Crippen LogP) is 1.64. The summed E-state index contributed by atoms with van der Waals surface area (Å²) in [7, 11) is 0. The molecule has 3 heteroatoms. The molecular formula is C10H10N2O. The van der Waals surface area contributed by atoms with E-state index < -0.39 is 0 Å². The van der Waals surface area contributed by atoms with Crippen LogP contribution in [0.4, 0.5) is 0 Å². The Morgan fingerprint density at radius 1 is 1.69 bits per heavy atom. The third-order valence-electron chi connectivity index (χ3n) is 2.24. The van der Waals surface area contributed by atoms with Crippen LogP contribution in [-0.2, 0) is 6.42 Å². The number of fused-ring (bicyclic) bond motifs is 1. The Morgan fingerprint density at radius 2 is 2.54 bits per heavy atom. The van der Waals surface area contributed by atoms with Gasteiger partial charge < -0.3 is 4.74 Å². The van der Waals surface area contributed by atoms with E-state index in [4.69, 9.17) is 10.00 Å². The fraction of sp³-hybridized carbons (Fsp3) is 0.400. The standard InChI is InChI=1S/C10H10N2O/c1-7(5-11)9-4-8-2-3-13-10(8)6-12-9/h4,6-7H,2-3H2,1H3. The van der Waals surface area contributed by atoms with Gasteiger partial charge >= 0.3 is 0 Å². The zero-order chi connectivity index (χ0) is 9.26. The van der Waals surface area contributed by atoms with Crippen LogP contribution < -0.4 is 4.74 Å². The summed E-state index contributed by atoms with van der Waals surface area (Å²) in [5.41, 5.74) is 2.01. The number of hydrogen-bond acceptors (Lipinski definition) is 3. The van der Waals surface area contributed by atoms with Gasteiger partial charge in [0, 0.05) is 12.0 Å². The first-order chi connectivity index (χ1) is 6.31. The second kappa shape index (κ2) is 3.06. The van der Waals surface area contributed by atoms with Crippen molar-refractivity contribution in [3.63, 3.8) is 0 Å². The number of pyridine rings is 1. The van der Waals surface area contributed by atoms with E-state index in [9.17, 15) is 0 Å². The van der Waals surface area contributed by atoms with E-state index in [0.717, 1.165) is 24.5 Å². The maximum atomic E-state index is 8.72. The predicted molar refractivity (Wildman–Crippen MR) is 47.5 cm³/mol. The highest BCUT2D eigenvalue weighted by Gasteiger charge is 2.15. The van der Waals surface area contributed by atoms with E-state index in [1.807, 2.05) is 13.0 Å².